The number of aliphatic hydroxyl groups excluding tert-OH is 1. The molecule has 0 spiro atoms. The van der Waals surface area contributed by atoms with Gasteiger partial charge in [-0.15, -0.1) is 0 Å². The predicted molar refractivity (Wildman–Crippen MR) is 70.1 cm³/mol. The van der Waals surface area contributed by atoms with Crippen molar-refractivity contribution in [3.8, 4) is 0 Å². The first-order chi connectivity index (χ1) is 7.86. The maximum absolute atomic E-state index is 9.17. The highest BCUT2D eigenvalue weighted by atomic mass is 32.2. The summed E-state index contributed by atoms with van der Waals surface area (Å²) in [7, 11) is 0. The fourth-order valence-corrected chi connectivity index (χ4v) is 2.97. The van der Waals surface area contributed by atoms with Gasteiger partial charge < -0.3 is 15.2 Å². The molecule has 2 atom stereocenters. The van der Waals surface area contributed by atoms with Crippen LogP contribution in [0.1, 0.15) is 32.6 Å². The molecule has 2 N–H and O–H groups in total. The van der Waals surface area contributed by atoms with E-state index in [1.54, 1.807) is 0 Å². The van der Waals surface area contributed by atoms with Crippen LogP contribution in [0.25, 0.3) is 0 Å². The number of rotatable bonds is 9. The molecule has 4 heteroatoms. The monoisotopic (exact) mass is 247 g/mol. The minimum absolute atomic E-state index is 0.250. The van der Waals surface area contributed by atoms with E-state index in [1.165, 1.54) is 12.8 Å². The molecule has 1 aliphatic heterocycles. The number of nitrogens with one attached hydrogen (secondary N) is 1. The van der Waals surface area contributed by atoms with E-state index in [4.69, 9.17) is 9.84 Å². The Bertz CT molecular complexity index is 163. The van der Waals surface area contributed by atoms with Crippen LogP contribution < -0.4 is 5.32 Å². The zero-order valence-electron chi connectivity index (χ0n) is 10.3. The lowest BCUT2D eigenvalue weighted by molar-refractivity contribution is 0.129. The van der Waals surface area contributed by atoms with Crippen LogP contribution in [0.4, 0.5) is 0 Å². The maximum Gasteiger partial charge on any atom is 0.0666 e. The summed E-state index contributed by atoms with van der Waals surface area (Å²) in [6.07, 6.45) is 5.11. The van der Waals surface area contributed by atoms with Crippen molar-refractivity contribution >= 4 is 11.8 Å². The summed E-state index contributed by atoms with van der Waals surface area (Å²) in [5, 5.41) is 12.5. The van der Waals surface area contributed by atoms with E-state index in [-0.39, 0.29) is 12.6 Å². The van der Waals surface area contributed by atoms with Gasteiger partial charge in [0.25, 0.3) is 0 Å². The van der Waals surface area contributed by atoms with Crippen molar-refractivity contribution in [1.29, 1.82) is 0 Å². The Labute approximate surface area is 103 Å². The Morgan fingerprint density at radius 2 is 2.44 bits per heavy atom. The van der Waals surface area contributed by atoms with Crippen LogP contribution >= 0.6 is 11.8 Å². The van der Waals surface area contributed by atoms with Gasteiger partial charge in [0.1, 0.15) is 0 Å². The topological polar surface area (TPSA) is 41.5 Å². The van der Waals surface area contributed by atoms with E-state index in [2.05, 4.69) is 12.2 Å². The van der Waals surface area contributed by atoms with E-state index in [0.717, 1.165) is 37.5 Å². The second kappa shape index (κ2) is 9.28. The number of hydrogen-bond acceptors (Lipinski definition) is 4. The molecule has 0 amide bonds. The third-order valence-corrected chi connectivity index (χ3v) is 3.97. The molecule has 1 rings (SSSR count). The standard InChI is InChI=1S/C12H25NO2S/c1-2-6-13-11(9-14)5-8-16-10-12-4-3-7-15-12/h11-14H,2-10H2,1H3. The first-order valence-electron chi connectivity index (χ1n) is 6.40. The molecular formula is C12H25NO2S. The largest absolute Gasteiger partial charge is 0.395 e. The van der Waals surface area contributed by atoms with Crippen molar-refractivity contribution in [2.24, 2.45) is 0 Å². The zero-order valence-corrected chi connectivity index (χ0v) is 11.1. The van der Waals surface area contributed by atoms with Gasteiger partial charge in [0.05, 0.1) is 12.7 Å². The lowest BCUT2D eigenvalue weighted by Gasteiger charge is -2.16. The molecule has 1 aliphatic rings. The van der Waals surface area contributed by atoms with Crippen molar-refractivity contribution in [2.75, 3.05) is 31.3 Å². The van der Waals surface area contributed by atoms with Gasteiger partial charge in [-0.25, -0.2) is 0 Å². The molecule has 0 aromatic carbocycles. The molecule has 2 unspecified atom stereocenters. The summed E-state index contributed by atoms with van der Waals surface area (Å²) in [5.41, 5.74) is 0. The van der Waals surface area contributed by atoms with Gasteiger partial charge in [0.15, 0.2) is 0 Å². The van der Waals surface area contributed by atoms with Crippen molar-refractivity contribution in [3.05, 3.63) is 0 Å². The van der Waals surface area contributed by atoms with Crippen molar-refractivity contribution < 1.29 is 9.84 Å². The molecule has 0 aromatic rings. The van der Waals surface area contributed by atoms with E-state index in [0.29, 0.717) is 6.10 Å². The summed E-state index contributed by atoms with van der Waals surface area (Å²) in [5.74, 6) is 2.23. The van der Waals surface area contributed by atoms with Crippen LogP contribution in [0.2, 0.25) is 0 Å². The lowest BCUT2D eigenvalue weighted by Crippen LogP contribution is -2.33. The van der Waals surface area contributed by atoms with Crippen LogP contribution in [-0.4, -0.2) is 48.5 Å². The van der Waals surface area contributed by atoms with Crippen molar-refractivity contribution in [3.63, 3.8) is 0 Å². The quantitative estimate of drug-likeness (QED) is 0.608. The van der Waals surface area contributed by atoms with Crippen molar-refractivity contribution in [1.82, 2.24) is 5.32 Å². The van der Waals surface area contributed by atoms with Gasteiger partial charge in [-0.3, -0.25) is 0 Å². The molecule has 3 nitrogen and oxygen atoms in total. The fraction of sp³-hybridized carbons (Fsp3) is 1.00. The van der Waals surface area contributed by atoms with E-state index in [1.807, 2.05) is 11.8 Å². The van der Waals surface area contributed by atoms with Gasteiger partial charge in [-0.1, -0.05) is 6.92 Å². The Hall–Kier alpha value is 0.230. The van der Waals surface area contributed by atoms with Gasteiger partial charge in [0.2, 0.25) is 0 Å². The molecule has 0 aliphatic carbocycles. The number of ether oxygens (including phenoxy) is 1. The Morgan fingerprint density at radius 1 is 1.56 bits per heavy atom. The highest BCUT2D eigenvalue weighted by Gasteiger charge is 2.15. The maximum atomic E-state index is 9.17. The van der Waals surface area contributed by atoms with Gasteiger partial charge in [-0.2, -0.15) is 11.8 Å². The molecule has 1 heterocycles. The average Bonchev–Trinajstić information content (AvgIpc) is 2.81. The summed E-state index contributed by atoms with van der Waals surface area (Å²) in [6, 6.07) is 0.275. The minimum atomic E-state index is 0.250. The van der Waals surface area contributed by atoms with E-state index < -0.39 is 0 Å². The third kappa shape index (κ3) is 6.09. The molecule has 16 heavy (non-hydrogen) atoms. The van der Waals surface area contributed by atoms with Gasteiger partial charge in [0, 0.05) is 18.4 Å². The summed E-state index contributed by atoms with van der Waals surface area (Å²) in [4.78, 5) is 0. The highest BCUT2D eigenvalue weighted by molar-refractivity contribution is 7.99. The van der Waals surface area contributed by atoms with Crippen LogP contribution in [-0.2, 0) is 4.74 Å². The number of thioether (sulfide) groups is 1. The Kier molecular flexibility index (Phi) is 8.29. The first kappa shape index (κ1) is 14.3. The summed E-state index contributed by atoms with van der Waals surface area (Å²) >= 11 is 1.95. The second-order valence-corrected chi connectivity index (χ2v) is 5.48. The smallest absolute Gasteiger partial charge is 0.0666 e. The molecule has 0 saturated carbocycles. The molecular weight excluding hydrogens is 222 g/mol. The van der Waals surface area contributed by atoms with Gasteiger partial charge >= 0.3 is 0 Å². The molecule has 1 fully saturated rings. The van der Waals surface area contributed by atoms with Gasteiger partial charge in [-0.05, 0) is 38.0 Å². The zero-order chi connectivity index (χ0) is 11.6. The fourth-order valence-electron chi connectivity index (χ4n) is 1.82. The summed E-state index contributed by atoms with van der Waals surface area (Å²) < 4.78 is 5.57. The number of aliphatic hydroxyl groups is 1. The van der Waals surface area contributed by atoms with Crippen LogP contribution in [0.5, 0.6) is 0 Å². The van der Waals surface area contributed by atoms with E-state index >= 15 is 0 Å². The predicted octanol–water partition coefficient (Wildman–Crippen LogP) is 1.65. The number of hydrogen-bond donors (Lipinski definition) is 2. The Balaban J connectivity index is 1.95. The molecule has 0 bridgehead atoms. The molecule has 1 saturated heterocycles. The molecule has 96 valence electrons. The van der Waals surface area contributed by atoms with Crippen LogP contribution in [0.3, 0.4) is 0 Å². The third-order valence-electron chi connectivity index (χ3n) is 2.84. The SMILES string of the molecule is CCCNC(CO)CCSCC1CCCO1. The van der Waals surface area contributed by atoms with Crippen LogP contribution in [0, 0.1) is 0 Å². The van der Waals surface area contributed by atoms with Crippen LogP contribution in [0.15, 0.2) is 0 Å². The molecule has 0 radical (unpaired) electrons. The lowest BCUT2D eigenvalue weighted by atomic mass is 10.2. The minimum Gasteiger partial charge on any atom is -0.395 e. The second-order valence-electron chi connectivity index (χ2n) is 4.33. The Morgan fingerprint density at radius 3 is 3.06 bits per heavy atom. The van der Waals surface area contributed by atoms with E-state index in [9.17, 15) is 0 Å². The van der Waals surface area contributed by atoms with Crippen molar-refractivity contribution in [2.45, 2.75) is 44.8 Å². The average molecular weight is 247 g/mol. The highest BCUT2D eigenvalue weighted by Crippen LogP contribution is 2.17. The normalized spacial score (nSPS) is 22.5. The first-order valence-corrected chi connectivity index (χ1v) is 7.55. The molecule has 0 aromatic heterocycles. The summed E-state index contributed by atoms with van der Waals surface area (Å²) in [6.45, 7) is 4.35.